The van der Waals surface area contributed by atoms with E-state index in [4.69, 9.17) is 10.5 Å². The molecule has 0 saturated heterocycles. The third kappa shape index (κ3) is 4.07. The summed E-state index contributed by atoms with van der Waals surface area (Å²) in [7, 11) is 0. The maximum atomic E-state index is 11.3. The van der Waals surface area contributed by atoms with Crippen molar-refractivity contribution in [1.82, 2.24) is 5.32 Å². The van der Waals surface area contributed by atoms with Crippen LogP contribution in [0.4, 0.5) is 0 Å². The van der Waals surface area contributed by atoms with Crippen molar-refractivity contribution in [3.63, 3.8) is 0 Å². The number of carbonyl (C=O) groups excluding carboxylic acids is 1. The number of rotatable bonds is 7. The zero-order valence-electron chi connectivity index (χ0n) is 8.63. The summed E-state index contributed by atoms with van der Waals surface area (Å²) < 4.78 is 5.19. The van der Waals surface area contributed by atoms with Crippen molar-refractivity contribution >= 4 is 5.91 Å². The molecule has 0 bridgehead atoms. The third-order valence-corrected chi connectivity index (χ3v) is 2.50. The first-order valence-corrected chi connectivity index (χ1v) is 5.40. The van der Waals surface area contributed by atoms with Crippen LogP contribution in [-0.2, 0) is 9.53 Å². The lowest BCUT2D eigenvalue weighted by Crippen LogP contribution is -2.35. The molecule has 14 heavy (non-hydrogen) atoms. The Morgan fingerprint density at radius 1 is 1.43 bits per heavy atom. The molecule has 1 rings (SSSR count). The van der Waals surface area contributed by atoms with E-state index in [-0.39, 0.29) is 5.91 Å². The minimum atomic E-state index is 0.218. The van der Waals surface area contributed by atoms with Crippen molar-refractivity contribution in [2.45, 2.75) is 25.7 Å². The van der Waals surface area contributed by atoms with Gasteiger partial charge in [0, 0.05) is 25.6 Å². The lowest BCUT2D eigenvalue weighted by atomic mass is 9.85. The third-order valence-electron chi connectivity index (χ3n) is 2.50. The number of hydrogen-bond donors (Lipinski definition) is 2. The van der Waals surface area contributed by atoms with Gasteiger partial charge in [-0.3, -0.25) is 4.79 Å². The Bertz CT molecular complexity index is 170. The van der Waals surface area contributed by atoms with Crippen LogP contribution >= 0.6 is 0 Å². The SMILES string of the molecule is NCCOCCCNC(=O)C1CCC1. The van der Waals surface area contributed by atoms with Crippen LogP contribution in [0.15, 0.2) is 0 Å². The van der Waals surface area contributed by atoms with Crippen molar-refractivity contribution in [2.75, 3.05) is 26.3 Å². The molecule has 0 aromatic carbocycles. The van der Waals surface area contributed by atoms with Crippen molar-refractivity contribution in [1.29, 1.82) is 0 Å². The van der Waals surface area contributed by atoms with Crippen LogP contribution in [0.25, 0.3) is 0 Å². The van der Waals surface area contributed by atoms with Crippen LogP contribution in [0.5, 0.6) is 0 Å². The van der Waals surface area contributed by atoms with Crippen LogP contribution in [0, 0.1) is 5.92 Å². The van der Waals surface area contributed by atoms with E-state index in [1.807, 2.05) is 0 Å². The summed E-state index contributed by atoms with van der Waals surface area (Å²) >= 11 is 0. The highest BCUT2D eigenvalue weighted by atomic mass is 16.5. The summed E-state index contributed by atoms with van der Waals surface area (Å²) in [5, 5.41) is 2.91. The van der Waals surface area contributed by atoms with Gasteiger partial charge in [0.2, 0.25) is 5.91 Å². The molecular formula is C10H20N2O2. The molecule has 1 aliphatic rings. The van der Waals surface area contributed by atoms with Gasteiger partial charge in [-0.2, -0.15) is 0 Å². The summed E-state index contributed by atoms with van der Waals surface area (Å²) in [6.07, 6.45) is 4.21. The lowest BCUT2D eigenvalue weighted by Gasteiger charge is -2.23. The second kappa shape index (κ2) is 6.79. The second-order valence-corrected chi connectivity index (χ2v) is 3.67. The fraction of sp³-hybridized carbons (Fsp3) is 0.900. The van der Waals surface area contributed by atoms with Gasteiger partial charge in [-0.1, -0.05) is 6.42 Å². The fourth-order valence-corrected chi connectivity index (χ4v) is 1.39. The number of hydrogen-bond acceptors (Lipinski definition) is 3. The molecule has 4 heteroatoms. The average molecular weight is 200 g/mol. The minimum Gasteiger partial charge on any atom is -0.380 e. The summed E-state index contributed by atoms with van der Waals surface area (Å²) in [5.41, 5.74) is 5.26. The number of carbonyl (C=O) groups is 1. The van der Waals surface area contributed by atoms with Gasteiger partial charge in [-0.15, -0.1) is 0 Å². The van der Waals surface area contributed by atoms with Gasteiger partial charge in [0.25, 0.3) is 0 Å². The molecule has 3 N–H and O–H groups in total. The molecule has 0 unspecified atom stereocenters. The first-order chi connectivity index (χ1) is 6.84. The number of nitrogens with two attached hydrogens (primary N) is 1. The van der Waals surface area contributed by atoms with Gasteiger partial charge < -0.3 is 15.8 Å². The molecule has 1 saturated carbocycles. The van der Waals surface area contributed by atoms with E-state index < -0.39 is 0 Å². The average Bonchev–Trinajstić information content (AvgIpc) is 2.08. The lowest BCUT2D eigenvalue weighted by molar-refractivity contribution is -0.127. The predicted octanol–water partition coefficient (Wildman–Crippen LogP) is 0.268. The zero-order valence-corrected chi connectivity index (χ0v) is 8.63. The second-order valence-electron chi connectivity index (χ2n) is 3.67. The zero-order chi connectivity index (χ0) is 10.2. The van der Waals surface area contributed by atoms with Crippen molar-refractivity contribution < 1.29 is 9.53 Å². The molecule has 0 radical (unpaired) electrons. The Balaban J connectivity index is 1.85. The van der Waals surface area contributed by atoms with Crippen molar-refractivity contribution in [2.24, 2.45) is 11.7 Å². The molecule has 0 aromatic rings. The van der Waals surface area contributed by atoms with Crippen LogP contribution in [0.1, 0.15) is 25.7 Å². The van der Waals surface area contributed by atoms with Gasteiger partial charge >= 0.3 is 0 Å². The van der Waals surface area contributed by atoms with E-state index in [9.17, 15) is 4.79 Å². The first-order valence-electron chi connectivity index (χ1n) is 5.40. The highest BCUT2D eigenvalue weighted by Gasteiger charge is 2.24. The van der Waals surface area contributed by atoms with E-state index in [0.29, 0.717) is 25.7 Å². The van der Waals surface area contributed by atoms with E-state index in [0.717, 1.165) is 25.8 Å². The van der Waals surface area contributed by atoms with Crippen molar-refractivity contribution in [3.8, 4) is 0 Å². The van der Waals surface area contributed by atoms with Gasteiger partial charge in [-0.05, 0) is 19.3 Å². The molecule has 1 aliphatic carbocycles. The van der Waals surface area contributed by atoms with Crippen LogP contribution in [0.3, 0.4) is 0 Å². The Morgan fingerprint density at radius 2 is 2.21 bits per heavy atom. The molecular weight excluding hydrogens is 180 g/mol. The Labute approximate surface area is 85.2 Å². The molecule has 0 aliphatic heterocycles. The van der Waals surface area contributed by atoms with E-state index in [1.54, 1.807) is 0 Å². The van der Waals surface area contributed by atoms with Crippen LogP contribution in [0.2, 0.25) is 0 Å². The monoisotopic (exact) mass is 200 g/mol. The molecule has 0 spiro atoms. The van der Waals surface area contributed by atoms with Gasteiger partial charge in [0.15, 0.2) is 0 Å². The first kappa shape index (κ1) is 11.5. The largest absolute Gasteiger partial charge is 0.380 e. The number of ether oxygens (including phenoxy) is 1. The molecule has 0 heterocycles. The quantitative estimate of drug-likeness (QED) is 0.580. The topological polar surface area (TPSA) is 64.3 Å². The highest BCUT2D eigenvalue weighted by molar-refractivity contribution is 5.79. The maximum absolute atomic E-state index is 11.3. The molecule has 4 nitrogen and oxygen atoms in total. The molecule has 0 aromatic heterocycles. The van der Waals surface area contributed by atoms with Gasteiger partial charge in [0.1, 0.15) is 0 Å². The summed E-state index contributed by atoms with van der Waals surface area (Å²) in [4.78, 5) is 11.3. The van der Waals surface area contributed by atoms with E-state index >= 15 is 0 Å². The fourth-order valence-electron chi connectivity index (χ4n) is 1.39. The summed E-state index contributed by atoms with van der Waals surface area (Å²) in [6.45, 7) is 2.58. The summed E-state index contributed by atoms with van der Waals surface area (Å²) in [6, 6.07) is 0. The Kier molecular flexibility index (Phi) is 5.56. The Hall–Kier alpha value is -0.610. The minimum absolute atomic E-state index is 0.218. The molecule has 82 valence electrons. The maximum Gasteiger partial charge on any atom is 0.223 e. The Morgan fingerprint density at radius 3 is 2.79 bits per heavy atom. The molecule has 1 amide bonds. The van der Waals surface area contributed by atoms with Gasteiger partial charge in [0.05, 0.1) is 6.61 Å². The van der Waals surface area contributed by atoms with E-state index in [2.05, 4.69) is 5.32 Å². The van der Waals surface area contributed by atoms with Crippen LogP contribution in [-0.4, -0.2) is 32.2 Å². The molecule has 1 fully saturated rings. The normalized spacial score (nSPS) is 16.4. The predicted molar refractivity (Wildman–Crippen MR) is 54.8 cm³/mol. The standard InChI is InChI=1S/C10H20N2O2/c11-5-8-14-7-2-6-12-10(13)9-3-1-4-9/h9H,1-8,11H2,(H,12,13). The van der Waals surface area contributed by atoms with Gasteiger partial charge in [-0.25, -0.2) is 0 Å². The summed E-state index contributed by atoms with van der Waals surface area (Å²) in [5.74, 6) is 0.509. The highest BCUT2D eigenvalue weighted by Crippen LogP contribution is 2.25. The number of nitrogens with one attached hydrogen (secondary N) is 1. The smallest absolute Gasteiger partial charge is 0.223 e. The van der Waals surface area contributed by atoms with Crippen molar-refractivity contribution in [3.05, 3.63) is 0 Å². The van der Waals surface area contributed by atoms with E-state index in [1.165, 1.54) is 6.42 Å². The van der Waals surface area contributed by atoms with Crippen LogP contribution < -0.4 is 11.1 Å². The molecule has 0 atom stereocenters. The number of amides is 1.